The minimum Gasteiger partial charge on any atom is -0.362 e. The zero-order valence-electron chi connectivity index (χ0n) is 6.83. The van der Waals surface area contributed by atoms with Crippen LogP contribution in [0.25, 0.3) is 0 Å². The van der Waals surface area contributed by atoms with Gasteiger partial charge in [-0.1, -0.05) is 0 Å². The molecule has 1 aliphatic rings. The van der Waals surface area contributed by atoms with Gasteiger partial charge in [-0.2, -0.15) is 8.42 Å². The molecule has 0 saturated carbocycles. The van der Waals surface area contributed by atoms with Crippen LogP contribution in [0.15, 0.2) is 4.40 Å². The van der Waals surface area contributed by atoms with Crippen molar-refractivity contribution in [3.63, 3.8) is 0 Å². The van der Waals surface area contributed by atoms with E-state index in [-0.39, 0.29) is 0 Å². The van der Waals surface area contributed by atoms with Crippen LogP contribution >= 0.6 is 10.7 Å². The summed E-state index contributed by atoms with van der Waals surface area (Å²) in [6, 6.07) is 0. The Kier molecular flexibility index (Phi) is 2.95. The molecule has 0 aliphatic carbocycles. The van der Waals surface area contributed by atoms with Gasteiger partial charge in [0.1, 0.15) is 5.84 Å². The van der Waals surface area contributed by atoms with Crippen molar-refractivity contribution in [2.45, 2.75) is 19.3 Å². The van der Waals surface area contributed by atoms with Crippen LogP contribution in [0.3, 0.4) is 0 Å². The molecule has 1 saturated heterocycles. The van der Waals surface area contributed by atoms with Gasteiger partial charge in [0.15, 0.2) is 0 Å². The van der Waals surface area contributed by atoms with Crippen LogP contribution in [0.4, 0.5) is 0 Å². The fourth-order valence-corrected chi connectivity index (χ4v) is 1.91. The SMILES string of the molecule is CN1CCCC/C1=N\S(=O)(=O)Cl. The van der Waals surface area contributed by atoms with Crippen LogP contribution < -0.4 is 0 Å². The molecule has 6 heteroatoms. The number of piperidine rings is 1. The average Bonchev–Trinajstić information content (AvgIpc) is 1.91. The van der Waals surface area contributed by atoms with Gasteiger partial charge in [-0.3, -0.25) is 0 Å². The van der Waals surface area contributed by atoms with Crippen molar-refractivity contribution in [1.29, 1.82) is 0 Å². The quantitative estimate of drug-likeness (QED) is 0.607. The average molecular weight is 211 g/mol. The molecule has 1 rings (SSSR count). The second-order valence-corrected chi connectivity index (χ2v) is 4.98. The third-order valence-corrected chi connectivity index (χ3v) is 2.43. The van der Waals surface area contributed by atoms with Gasteiger partial charge in [-0.15, -0.1) is 4.40 Å². The molecule has 0 amide bonds. The molecule has 0 atom stereocenters. The van der Waals surface area contributed by atoms with Crippen LogP contribution in [0.1, 0.15) is 19.3 Å². The van der Waals surface area contributed by atoms with Crippen molar-refractivity contribution >= 4 is 25.8 Å². The fraction of sp³-hybridized carbons (Fsp3) is 0.833. The molecule has 0 spiro atoms. The Morgan fingerprint density at radius 2 is 2.17 bits per heavy atom. The van der Waals surface area contributed by atoms with Gasteiger partial charge < -0.3 is 4.90 Å². The van der Waals surface area contributed by atoms with Crippen LogP contribution in [-0.2, 0) is 9.24 Å². The van der Waals surface area contributed by atoms with E-state index in [9.17, 15) is 8.42 Å². The Balaban J connectivity index is 2.79. The molecule has 4 nitrogen and oxygen atoms in total. The normalized spacial score (nSPS) is 23.2. The third kappa shape index (κ3) is 2.98. The first kappa shape index (κ1) is 9.80. The number of nitrogens with zero attached hydrogens (tertiary/aromatic N) is 2. The number of amidine groups is 1. The zero-order valence-corrected chi connectivity index (χ0v) is 8.40. The molecule has 0 aromatic carbocycles. The molecule has 0 aromatic heterocycles. The van der Waals surface area contributed by atoms with E-state index in [0.717, 1.165) is 19.4 Å². The molecular formula is C6H11ClN2O2S. The highest BCUT2D eigenvalue weighted by Crippen LogP contribution is 2.12. The van der Waals surface area contributed by atoms with Crippen LogP contribution in [0, 0.1) is 0 Å². The Morgan fingerprint density at radius 1 is 1.50 bits per heavy atom. The number of hydrogen-bond acceptors (Lipinski definition) is 2. The van der Waals surface area contributed by atoms with Crippen molar-refractivity contribution in [2.24, 2.45) is 4.40 Å². The summed E-state index contributed by atoms with van der Waals surface area (Å²) in [6.07, 6.45) is 2.76. The first-order chi connectivity index (χ1) is 5.49. The maximum Gasteiger partial charge on any atom is 0.341 e. The predicted octanol–water partition coefficient (Wildman–Crippen LogP) is 0.984. The summed E-state index contributed by atoms with van der Waals surface area (Å²) in [7, 11) is 3.07. The third-order valence-electron chi connectivity index (χ3n) is 1.80. The molecular weight excluding hydrogens is 200 g/mol. The number of likely N-dealkylation sites (tertiary alicyclic amines) is 1. The van der Waals surface area contributed by atoms with E-state index in [4.69, 9.17) is 10.7 Å². The standard InChI is InChI=1S/C6H11ClN2O2S/c1-9-5-3-2-4-6(9)8-12(7,10)11/h2-5H2,1H3/b8-6+. The number of rotatable bonds is 1. The van der Waals surface area contributed by atoms with Crippen LogP contribution in [0.2, 0.25) is 0 Å². The van der Waals surface area contributed by atoms with Gasteiger partial charge >= 0.3 is 9.24 Å². The zero-order chi connectivity index (χ0) is 9.19. The summed E-state index contributed by atoms with van der Waals surface area (Å²) in [5.41, 5.74) is 0. The molecule has 1 heterocycles. The first-order valence-electron chi connectivity index (χ1n) is 3.73. The lowest BCUT2D eigenvalue weighted by molar-refractivity contribution is 0.435. The molecule has 1 fully saturated rings. The fourth-order valence-electron chi connectivity index (χ4n) is 1.19. The van der Waals surface area contributed by atoms with Crippen molar-refractivity contribution in [3.8, 4) is 0 Å². The molecule has 0 bridgehead atoms. The minimum atomic E-state index is -3.74. The summed E-state index contributed by atoms with van der Waals surface area (Å²) in [5.74, 6) is 0.566. The number of halogens is 1. The van der Waals surface area contributed by atoms with E-state index in [2.05, 4.69) is 4.40 Å². The van der Waals surface area contributed by atoms with Gasteiger partial charge in [0, 0.05) is 30.7 Å². The van der Waals surface area contributed by atoms with E-state index in [1.165, 1.54) is 0 Å². The molecule has 0 aromatic rings. The van der Waals surface area contributed by atoms with E-state index >= 15 is 0 Å². The van der Waals surface area contributed by atoms with Crippen molar-refractivity contribution < 1.29 is 8.42 Å². The summed E-state index contributed by atoms with van der Waals surface area (Å²) in [5, 5.41) is 0. The smallest absolute Gasteiger partial charge is 0.341 e. The molecule has 0 radical (unpaired) electrons. The van der Waals surface area contributed by atoms with Crippen molar-refractivity contribution in [3.05, 3.63) is 0 Å². The minimum absolute atomic E-state index is 0.566. The van der Waals surface area contributed by atoms with E-state index in [1.807, 2.05) is 11.9 Å². The summed E-state index contributed by atoms with van der Waals surface area (Å²) in [4.78, 5) is 1.82. The van der Waals surface area contributed by atoms with Crippen LogP contribution in [-0.4, -0.2) is 32.7 Å². The van der Waals surface area contributed by atoms with Gasteiger partial charge in [-0.25, -0.2) is 0 Å². The lowest BCUT2D eigenvalue weighted by Gasteiger charge is -2.25. The highest BCUT2D eigenvalue weighted by Gasteiger charge is 2.14. The lowest BCUT2D eigenvalue weighted by atomic mass is 10.1. The lowest BCUT2D eigenvalue weighted by Crippen LogP contribution is -2.32. The van der Waals surface area contributed by atoms with E-state index < -0.39 is 9.24 Å². The topological polar surface area (TPSA) is 49.7 Å². The highest BCUT2D eigenvalue weighted by molar-refractivity contribution is 8.12. The molecule has 1 aliphatic heterocycles. The summed E-state index contributed by atoms with van der Waals surface area (Å²) in [6.45, 7) is 0.852. The Labute approximate surface area is 76.8 Å². The van der Waals surface area contributed by atoms with Gasteiger partial charge in [-0.05, 0) is 12.8 Å². The Hall–Kier alpha value is -0.290. The Morgan fingerprint density at radius 3 is 2.67 bits per heavy atom. The summed E-state index contributed by atoms with van der Waals surface area (Å²) < 4.78 is 24.6. The maximum absolute atomic E-state index is 10.6. The molecule has 0 unspecified atom stereocenters. The highest BCUT2D eigenvalue weighted by atomic mass is 35.7. The van der Waals surface area contributed by atoms with Crippen LogP contribution in [0.5, 0.6) is 0 Å². The maximum atomic E-state index is 10.6. The monoisotopic (exact) mass is 210 g/mol. The molecule has 70 valence electrons. The first-order valence-corrected chi connectivity index (χ1v) is 6.00. The largest absolute Gasteiger partial charge is 0.362 e. The summed E-state index contributed by atoms with van der Waals surface area (Å²) >= 11 is 0. The molecule has 0 N–H and O–H groups in total. The Bertz CT molecular complexity index is 286. The predicted molar refractivity (Wildman–Crippen MR) is 48.7 cm³/mol. The van der Waals surface area contributed by atoms with Crippen molar-refractivity contribution in [1.82, 2.24) is 4.90 Å². The van der Waals surface area contributed by atoms with Gasteiger partial charge in [0.2, 0.25) is 0 Å². The number of hydrogen-bond donors (Lipinski definition) is 0. The molecule has 12 heavy (non-hydrogen) atoms. The van der Waals surface area contributed by atoms with Gasteiger partial charge in [0.05, 0.1) is 0 Å². The second-order valence-electron chi connectivity index (χ2n) is 2.80. The van der Waals surface area contributed by atoms with Gasteiger partial charge in [0.25, 0.3) is 0 Å². The van der Waals surface area contributed by atoms with Crippen molar-refractivity contribution in [2.75, 3.05) is 13.6 Å². The second kappa shape index (κ2) is 3.62. The van der Waals surface area contributed by atoms with E-state index in [0.29, 0.717) is 12.3 Å². The van der Waals surface area contributed by atoms with E-state index in [1.54, 1.807) is 0 Å².